The second kappa shape index (κ2) is 9.35. The zero-order valence-corrected chi connectivity index (χ0v) is 19.9. The smallest absolute Gasteiger partial charge is 0.273 e. The van der Waals surface area contributed by atoms with E-state index in [4.69, 9.17) is 16.3 Å². The van der Waals surface area contributed by atoms with Crippen molar-refractivity contribution in [1.29, 1.82) is 5.26 Å². The van der Waals surface area contributed by atoms with E-state index in [1.54, 1.807) is 12.3 Å². The maximum absolute atomic E-state index is 9.66. The molecular weight excluding hydrogens is 446 g/mol. The van der Waals surface area contributed by atoms with Gasteiger partial charge in [-0.15, -0.1) is 0 Å². The number of benzene rings is 2. The second-order valence-corrected chi connectivity index (χ2v) is 9.26. The first-order chi connectivity index (χ1) is 15.0. The SMILES string of the molecule is Cc1c(Cl)cc(C(C)(C)c2ccc(OCc3ccnc(N[N+](C)(O)S)n3)cc2)cc1C#N. The number of ether oxygens (including phenoxy) is 1. The highest BCUT2D eigenvalue weighted by molar-refractivity contribution is 7.74. The largest absolute Gasteiger partial charge is 0.487 e. The molecule has 2 N–H and O–H groups in total. The fourth-order valence-electron chi connectivity index (χ4n) is 3.17. The van der Waals surface area contributed by atoms with Crippen molar-refractivity contribution < 1.29 is 14.1 Å². The van der Waals surface area contributed by atoms with Crippen molar-refractivity contribution >= 4 is 30.4 Å². The van der Waals surface area contributed by atoms with Crippen LogP contribution >= 0.6 is 24.4 Å². The van der Waals surface area contributed by atoms with Crippen LogP contribution in [0.25, 0.3) is 0 Å². The van der Waals surface area contributed by atoms with Crippen LogP contribution in [0.5, 0.6) is 5.75 Å². The van der Waals surface area contributed by atoms with Gasteiger partial charge in [-0.25, -0.2) is 9.97 Å². The number of hydroxylamine groups is 1. The Bertz CT molecular complexity index is 1150. The van der Waals surface area contributed by atoms with Gasteiger partial charge < -0.3 is 4.74 Å². The van der Waals surface area contributed by atoms with Crippen molar-refractivity contribution in [1.82, 2.24) is 9.97 Å². The number of nitrogens with zero attached hydrogens (tertiary/aromatic N) is 4. The fraction of sp³-hybridized carbons (Fsp3) is 0.261. The number of hydrogen-bond acceptors (Lipinski definition) is 7. The van der Waals surface area contributed by atoms with Gasteiger partial charge in [0, 0.05) is 16.6 Å². The first kappa shape index (κ1) is 23.8. The topological polar surface area (TPSA) is 91.1 Å². The van der Waals surface area contributed by atoms with Gasteiger partial charge in [-0.3, -0.25) is 0 Å². The average Bonchev–Trinajstić information content (AvgIpc) is 2.73. The Kier molecular flexibility index (Phi) is 6.96. The quantitative estimate of drug-likeness (QED) is 0.249. The van der Waals surface area contributed by atoms with Gasteiger partial charge in [-0.2, -0.15) is 15.9 Å². The molecule has 0 aliphatic rings. The molecule has 2 aromatic carbocycles. The average molecular weight is 471 g/mol. The minimum atomic E-state index is -0.788. The number of aromatic nitrogens is 2. The minimum absolute atomic E-state index is 0.233. The van der Waals surface area contributed by atoms with Crippen molar-refractivity contribution in [2.24, 2.45) is 0 Å². The lowest BCUT2D eigenvalue weighted by Crippen LogP contribution is -2.36. The molecule has 1 heterocycles. The first-order valence-electron chi connectivity index (χ1n) is 9.86. The molecule has 7 nitrogen and oxygen atoms in total. The number of halogens is 1. The minimum Gasteiger partial charge on any atom is -0.487 e. The molecule has 1 aromatic heterocycles. The Morgan fingerprint density at radius 1 is 1.22 bits per heavy atom. The van der Waals surface area contributed by atoms with Crippen LogP contribution in [-0.2, 0) is 12.0 Å². The lowest BCUT2D eigenvalue weighted by atomic mass is 9.77. The van der Waals surface area contributed by atoms with E-state index in [0.29, 0.717) is 22.0 Å². The molecule has 0 aliphatic carbocycles. The number of anilines is 1. The van der Waals surface area contributed by atoms with Gasteiger partial charge in [0.15, 0.2) is 0 Å². The second-order valence-electron chi connectivity index (χ2n) is 8.08. The monoisotopic (exact) mass is 470 g/mol. The highest BCUT2D eigenvalue weighted by Gasteiger charge is 2.25. The van der Waals surface area contributed by atoms with Crippen LogP contribution in [0.2, 0.25) is 5.02 Å². The molecule has 0 bridgehead atoms. The molecule has 32 heavy (non-hydrogen) atoms. The number of hydrogen-bond donors (Lipinski definition) is 3. The summed E-state index contributed by atoms with van der Waals surface area (Å²) >= 11 is 10.3. The summed E-state index contributed by atoms with van der Waals surface area (Å²) in [6.45, 7) is 6.27. The molecule has 0 amide bonds. The number of thiol groups is 1. The molecule has 0 saturated heterocycles. The van der Waals surface area contributed by atoms with Gasteiger partial charge in [0.2, 0.25) is 0 Å². The Morgan fingerprint density at radius 3 is 2.53 bits per heavy atom. The highest BCUT2D eigenvalue weighted by Crippen LogP contribution is 2.35. The number of nitriles is 1. The van der Waals surface area contributed by atoms with E-state index in [1.165, 1.54) is 7.05 Å². The number of nitrogens with one attached hydrogen (secondary N) is 1. The van der Waals surface area contributed by atoms with Gasteiger partial charge in [0.25, 0.3) is 5.95 Å². The van der Waals surface area contributed by atoms with Crippen LogP contribution in [-0.4, -0.2) is 26.4 Å². The molecular formula is C23H25ClN5O2S+. The van der Waals surface area contributed by atoms with Crippen molar-refractivity contribution in [3.05, 3.63) is 81.6 Å². The van der Waals surface area contributed by atoms with Crippen molar-refractivity contribution in [3.8, 4) is 11.8 Å². The predicted molar refractivity (Wildman–Crippen MR) is 126 cm³/mol. The zero-order chi connectivity index (χ0) is 23.5. The maximum atomic E-state index is 9.66. The van der Waals surface area contributed by atoms with E-state index in [9.17, 15) is 10.5 Å². The summed E-state index contributed by atoms with van der Waals surface area (Å²) in [6, 6.07) is 15.6. The molecule has 0 saturated carbocycles. The third-order valence-corrected chi connectivity index (χ3v) is 5.67. The van der Waals surface area contributed by atoms with Crippen LogP contribution < -0.4 is 10.2 Å². The summed E-state index contributed by atoms with van der Waals surface area (Å²) in [5.74, 6) is 0.922. The summed E-state index contributed by atoms with van der Waals surface area (Å²) in [4.78, 5) is 8.33. The Balaban J connectivity index is 1.74. The molecule has 0 fully saturated rings. The molecule has 3 aromatic rings. The number of rotatable bonds is 7. The molecule has 1 atom stereocenters. The van der Waals surface area contributed by atoms with E-state index >= 15 is 0 Å². The fourth-order valence-corrected chi connectivity index (χ4v) is 3.48. The van der Waals surface area contributed by atoms with Crippen molar-refractivity contribution in [2.45, 2.75) is 32.8 Å². The molecule has 0 aliphatic heterocycles. The van der Waals surface area contributed by atoms with E-state index in [2.05, 4.69) is 48.1 Å². The molecule has 0 spiro atoms. The maximum Gasteiger partial charge on any atom is 0.273 e. The van der Waals surface area contributed by atoms with Gasteiger partial charge in [0.1, 0.15) is 32.2 Å². The summed E-state index contributed by atoms with van der Waals surface area (Å²) < 4.78 is 5.06. The van der Waals surface area contributed by atoms with Gasteiger partial charge in [-0.05, 0) is 58.1 Å². The van der Waals surface area contributed by atoms with Crippen LogP contribution in [0.3, 0.4) is 0 Å². The molecule has 1 unspecified atom stereocenters. The van der Waals surface area contributed by atoms with E-state index in [1.807, 2.05) is 43.3 Å². The summed E-state index contributed by atoms with van der Waals surface area (Å²) in [6.07, 6.45) is 1.57. The lowest BCUT2D eigenvalue weighted by molar-refractivity contribution is -0.955. The Morgan fingerprint density at radius 2 is 1.91 bits per heavy atom. The molecule has 166 valence electrons. The van der Waals surface area contributed by atoms with Gasteiger partial charge in [-0.1, -0.05) is 37.6 Å². The van der Waals surface area contributed by atoms with Crippen LogP contribution in [0, 0.1) is 18.3 Å². The Labute approximate surface area is 198 Å². The van der Waals surface area contributed by atoms with E-state index < -0.39 is 4.16 Å². The molecule has 0 radical (unpaired) electrons. The summed E-state index contributed by atoms with van der Waals surface area (Å²) in [7, 11) is 1.42. The van der Waals surface area contributed by atoms with Gasteiger partial charge >= 0.3 is 0 Å². The van der Waals surface area contributed by atoms with Crippen LogP contribution in [0.4, 0.5) is 5.95 Å². The first-order valence-corrected chi connectivity index (χ1v) is 10.6. The third kappa shape index (κ3) is 5.69. The Hall–Kier alpha value is -2.83. The van der Waals surface area contributed by atoms with E-state index in [-0.39, 0.29) is 18.0 Å². The third-order valence-electron chi connectivity index (χ3n) is 5.17. The van der Waals surface area contributed by atoms with Crippen molar-refractivity contribution in [3.63, 3.8) is 0 Å². The lowest BCUT2D eigenvalue weighted by Gasteiger charge is -2.27. The summed E-state index contributed by atoms with van der Waals surface area (Å²) in [5.41, 5.74) is 6.33. The zero-order valence-electron chi connectivity index (χ0n) is 18.3. The molecule has 3 rings (SSSR count). The normalized spacial score (nSPS) is 13.2. The molecule has 9 heteroatoms. The predicted octanol–water partition coefficient (Wildman–Crippen LogP) is 5.22. The highest BCUT2D eigenvalue weighted by atomic mass is 35.5. The van der Waals surface area contributed by atoms with Gasteiger partial charge in [0.05, 0.1) is 17.3 Å². The van der Waals surface area contributed by atoms with E-state index in [0.717, 1.165) is 16.7 Å². The summed E-state index contributed by atoms with van der Waals surface area (Å²) in [5, 5.41) is 19.7. The number of quaternary nitrogens is 1. The standard InChI is InChI=1S/C23H25ClN5O2S/c1-15-16(13-25)11-18(12-21(15)24)23(2,3)17-5-7-20(8-6-17)31-14-19-9-10-26-22(27-19)28-29(4,30)32/h5-12,30,32H,14H2,1-4H3,(H,26,27,28)/q+1. The van der Waals surface area contributed by atoms with Crippen LogP contribution in [0.15, 0.2) is 48.7 Å². The van der Waals surface area contributed by atoms with Crippen LogP contribution in [0.1, 0.15) is 41.8 Å². The van der Waals surface area contributed by atoms with Crippen molar-refractivity contribution in [2.75, 3.05) is 12.5 Å².